The van der Waals surface area contributed by atoms with E-state index in [0.29, 0.717) is 10.8 Å². The Balaban J connectivity index is 1.83. The van der Waals surface area contributed by atoms with E-state index < -0.39 is 16.9 Å². The zero-order valence-corrected chi connectivity index (χ0v) is 15.9. The molecule has 2 aromatic carbocycles. The van der Waals surface area contributed by atoms with Crippen LogP contribution in [0.2, 0.25) is 5.02 Å². The SMILES string of the molecule is Cc1ccc(Oc2cc(NC(=O)C(C)n3cc(Cl)cn3)cc([N+](=O)[O-])c2)cc1. The van der Waals surface area contributed by atoms with Gasteiger partial charge in [-0.2, -0.15) is 5.10 Å². The molecule has 0 radical (unpaired) electrons. The van der Waals surface area contributed by atoms with Crippen molar-refractivity contribution in [2.45, 2.75) is 19.9 Å². The number of benzene rings is 2. The number of aryl methyl sites for hydroxylation is 1. The number of aromatic nitrogens is 2. The molecule has 1 aromatic heterocycles. The Morgan fingerprint density at radius 3 is 2.57 bits per heavy atom. The molecule has 3 aromatic rings. The van der Waals surface area contributed by atoms with E-state index in [-0.39, 0.29) is 17.1 Å². The third-order valence-electron chi connectivity index (χ3n) is 3.97. The number of rotatable bonds is 6. The lowest BCUT2D eigenvalue weighted by molar-refractivity contribution is -0.384. The summed E-state index contributed by atoms with van der Waals surface area (Å²) < 4.78 is 7.11. The molecule has 0 aliphatic heterocycles. The largest absolute Gasteiger partial charge is 0.457 e. The van der Waals surface area contributed by atoms with Crippen LogP contribution in [0.25, 0.3) is 0 Å². The van der Waals surface area contributed by atoms with Crippen LogP contribution in [0, 0.1) is 17.0 Å². The summed E-state index contributed by atoms with van der Waals surface area (Å²) in [7, 11) is 0. The Morgan fingerprint density at radius 1 is 1.25 bits per heavy atom. The number of nitrogens with zero attached hydrogens (tertiary/aromatic N) is 3. The fourth-order valence-electron chi connectivity index (χ4n) is 2.46. The van der Waals surface area contributed by atoms with E-state index in [1.54, 1.807) is 19.1 Å². The number of non-ortho nitro benzene ring substituents is 1. The van der Waals surface area contributed by atoms with E-state index in [1.165, 1.54) is 35.3 Å². The van der Waals surface area contributed by atoms with Crippen molar-refractivity contribution in [1.29, 1.82) is 0 Å². The van der Waals surface area contributed by atoms with Gasteiger partial charge >= 0.3 is 0 Å². The van der Waals surface area contributed by atoms with Gasteiger partial charge in [0.15, 0.2) is 0 Å². The molecule has 0 saturated heterocycles. The number of nitro groups is 1. The van der Waals surface area contributed by atoms with E-state index >= 15 is 0 Å². The summed E-state index contributed by atoms with van der Waals surface area (Å²) in [6.07, 6.45) is 2.94. The number of anilines is 1. The number of hydrogen-bond acceptors (Lipinski definition) is 5. The van der Waals surface area contributed by atoms with Crippen LogP contribution in [-0.2, 0) is 4.79 Å². The lowest BCUT2D eigenvalue weighted by Gasteiger charge is -2.13. The van der Waals surface area contributed by atoms with Gasteiger partial charge in [0.25, 0.3) is 5.69 Å². The molecule has 8 nitrogen and oxygen atoms in total. The summed E-state index contributed by atoms with van der Waals surface area (Å²) in [5.41, 5.74) is 1.10. The average Bonchev–Trinajstić information content (AvgIpc) is 3.09. The molecule has 28 heavy (non-hydrogen) atoms. The first kappa shape index (κ1) is 19.4. The van der Waals surface area contributed by atoms with Gasteiger partial charge in [-0.25, -0.2) is 0 Å². The van der Waals surface area contributed by atoms with Crippen molar-refractivity contribution >= 4 is 28.9 Å². The monoisotopic (exact) mass is 400 g/mol. The maximum absolute atomic E-state index is 12.5. The Morgan fingerprint density at radius 2 is 1.96 bits per heavy atom. The highest BCUT2D eigenvalue weighted by molar-refractivity contribution is 6.30. The van der Waals surface area contributed by atoms with Gasteiger partial charge in [0, 0.05) is 18.3 Å². The number of nitrogens with one attached hydrogen (secondary N) is 1. The van der Waals surface area contributed by atoms with Crippen LogP contribution < -0.4 is 10.1 Å². The van der Waals surface area contributed by atoms with E-state index in [0.717, 1.165) is 5.56 Å². The highest BCUT2D eigenvalue weighted by atomic mass is 35.5. The first-order chi connectivity index (χ1) is 13.3. The zero-order valence-electron chi connectivity index (χ0n) is 15.1. The number of hydrogen-bond donors (Lipinski definition) is 1. The number of ether oxygens (including phenoxy) is 1. The number of nitro benzene ring substituents is 1. The lowest BCUT2D eigenvalue weighted by atomic mass is 10.2. The van der Waals surface area contributed by atoms with E-state index in [2.05, 4.69) is 10.4 Å². The predicted molar refractivity (Wildman–Crippen MR) is 105 cm³/mol. The molecule has 0 spiro atoms. The average molecular weight is 401 g/mol. The first-order valence-corrected chi connectivity index (χ1v) is 8.74. The first-order valence-electron chi connectivity index (χ1n) is 8.36. The number of amides is 1. The van der Waals surface area contributed by atoms with Crippen molar-refractivity contribution in [1.82, 2.24) is 9.78 Å². The molecule has 1 amide bonds. The summed E-state index contributed by atoms with van der Waals surface area (Å²) in [5, 5.41) is 18.3. The van der Waals surface area contributed by atoms with Gasteiger partial charge in [-0.15, -0.1) is 0 Å². The van der Waals surface area contributed by atoms with Crippen LogP contribution in [-0.4, -0.2) is 20.6 Å². The van der Waals surface area contributed by atoms with Crippen LogP contribution in [0.3, 0.4) is 0 Å². The second-order valence-corrected chi connectivity index (χ2v) is 6.63. The van der Waals surface area contributed by atoms with Crippen LogP contribution in [0.1, 0.15) is 18.5 Å². The minimum atomic E-state index is -0.659. The molecule has 0 saturated carbocycles. The highest BCUT2D eigenvalue weighted by Gasteiger charge is 2.18. The summed E-state index contributed by atoms with van der Waals surface area (Å²) in [6.45, 7) is 3.58. The second-order valence-electron chi connectivity index (χ2n) is 6.19. The molecular weight excluding hydrogens is 384 g/mol. The lowest BCUT2D eigenvalue weighted by Crippen LogP contribution is -2.24. The molecule has 0 bridgehead atoms. The molecule has 0 aliphatic carbocycles. The van der Waals surface area contributed by atoms with E-state index in [1.807, 2.05) is 19.1 Å². The molecule has 144 valence electrons. The Hall–Kier alpha value is -3.39. The van der Waals surface area contributed by atoms with Gasteiger partial charge in [-0.05, 0) is 26.0 Å². The number of halogens is 1. The summed E-state index contributed by atoms with van der Waals surface area (Å²) in [6, 6.07) is 10.7. The van der Waals surface area contributed by atoms with Crippen molar-refractivity contribution in [2.24, 2.45) is 0 Å². The highest BCUT2D eigenvalue weighted by Crippen LogP contribution is 2.30. The van der Waals surface area contributed by atoms with Crippen molar-refractivity contribution in [3.63, 3.8) is 0 Å². The maximum Gasteiger partial charge on any atom is 0.275 e. The molecule has 1 N–H and O–H groups in total. The molecular formula is C19H17ClN4O4. The predicted octanol–water partition coefficient (Wildman–Crippen LogP) is 4.75. The van der Waals surface area contributed by atoms with Crippen molar-refractivity contribution in [3.8, 4) is 11.5 Å². The zero-order chi connectivity index (χ0) is 20.3. The third-order valence-corrected chi connectivity index (χ3v) is 4.17. The van der Waals surface area contributed by atoms with Crippen LogP contribution >= 0.6 is 11.6 Å². The minimum Gasteiger partial charge on any atom is -0.457 e. The molecule has 0 fully saturated rings. The van der Waals surface area contributed by atoms with E-state index in [4.69, 9.17) is 16.3 Å². The quantitative estimate of drug-likeness (QED) is 0.475. The third kappa shape index (κ3) is 4.66. The normalized spacial score (nSPS) is 11.7. The van der Waals surface area contributed by atoms with Gasteiger partial charge in [-0.1, -0.05) is 29.3 Å². The molecule has 1 unspecified atom stereocenters. The molecule has 3 rings (SSSR count). The summed E-state index contributed by atoms with van der Waals surface area (Å²) >= 11 is 5.83. The van der Waals surface area contributed by atoms with Gasteiger partial charge in [-0.3, -0.25) is 19.6 Å². The van der Waals surface area contributed by atoms with Gasteiger partial charge in [0.05, 0.1) is 27.9 Å². The topological polar surface area (TPSA) is 99.3 Å². The fourth-order valence-corrected chi connectivity index (χ4v) is 2.60. The standard InChI is InChI=1S/C19H17ClN4O4/c1-12-3-5-17(6-4-12)28-18-8-15(7-16(9-18)24(26)27)22-19(25)13(2)23-11-14(20)10-21-23/h3-11,13H,1-2H3,(H,22,25). The van der Waals surface area contributed by atoms with Crippen LogP contribution in [0.5, 0.6) is 11.5 Å². The molecule has 1 heterocycles. The summed E-state index contributed by atoms with van der Waals surface area (Å²) in [4.78, 5) is 23.2. The molecule has 9 heteroatoms. The van der Waals surface area contributed by atoms with Gasteiger partial charge in [0.2, 0.25) is 5.91 Å². The minimum absolute atomic E-state index is 0.199. The Kier molecular flexibility index (Phi) is 5.60. The smallest absolute Gasteiger partial charge is 0.275 e. The van der Waals surface area contributed by atoms with Crippen molar-refractivity contribution < 1.29 is 14.5 Å². The van der Waals surface area contributed by atoms with Gasteiger partial charge < -0.3 is 10.1 Å². The molecule has 1 atom stereocenters. The van der Waals surface area contributed by atoms with E-state index in [9.17, 15) is 14.9 Å². The van der Waals surface area contributed by atoms with Crippen molar-refractivity contribution in [2.75, 3.05) is 5.32 Å². The molecule has 0 aliphatic rings. The summed E-state index contributed by atoms with van der Waals surface area (Å²) in [5.74, 6) is 0.368. The number of carbonyl (C=O) groups is 1. The van der Waals surface area contributed by atoms with Gasteiger partial charge in [0.1, 0.15) is 17.5 Å². The Labute approximate surface area is 165 Å². The number of carbonyl (C=O) groups excluding carboxylic acids is 1. The van der Waals surface area contributed by atoms with Crippen LogP contribution in [0.15, 0.2) is 54.9 Å². The van der Waals surface area contributed by atoms with Crippen LogP contribution in [0.4, 0.5) is 11.4 Å². The van der Waals surface area contributed by atoms with Crippen molar-refractivity contribution in [3.05, 3.63) is 75.6 Å². The fraction of sp³-hybridized carbons (Fsp3) is 0.158. The maximum atomic E-state index is 12.5. The second kappa shape index (κ2) is 8.10. The Bertz CT molecular complexity index is 1020.